The predicted octanol–water partition coefficient (Wildman–Crippen LogP) is 3.09. The Morgan fingerprint density at radius 3 is 2.61 bits per heavy atom. The zero-order chi connectivity index (χ0) is 21.6. The Hall–Kier alpha value is -2.38. The Morgan fingerprint density at radius 1 is 1.03 bits per heavy atom. The molecule has 0 radical (unpaired) electrons. The maximum atomic E-state index is 12.5. The number of hydrogen-bond donors (Lipinski definition) is 2. The maximum absolute atomic E-state index is 12.5. The number of benzene rings is 1. The summed E-state index contributed by atoms with van der Waals surface area (Å²) in [5, 5.41) is 7.57. The Kier molecular flexibility index (Phi) is 7.25. The molecule has 3 heterocycles. The minimum atomic E-state index is -0.571. The molecule has 2 aromatic rings. The van der Waals surface area contributed by atoms with Crippen LogP contribution in [-0.4, -0.2) is 49.9 Å². The van der Waals surface area contributed by atoms with Crippen LogP contribution in [0.4, 0.5) is 5.69 Å². The number of carbonyl (C=O) groups is 2. The van der Waals surface area contributed by atoms with Crippen molar-refractivity contribution in [2.45, 2.75) is 44.7 Å². The molecule has 31 heavy (non-hydrogen) atoms. The number of amides is 2. The van der Waals surface area contributed by atoms with E-state index < -0.39 is 11.8 Å². The van der Waals surface area contributed by atoms with Gasteiger partial charge in [0.1, 0.15) is 0 Å². The molecule has 0 spiro atoms. The Bertz CT molecular complexity index is 893. The summed E-state index contributed by atoms with van der Waals surface area (Å²) in [6.45, 7) is 3.99. The van der Waals surface area contributed by atoms with Crippen LogP contribution < -0.4 is 15.5 Å². The van der Waals surface area contributed by atoms with E-state index in [1.807, 2.05) is 17.5 Å². The summed E-state index contributed by atoms with van der Waals surface area (Å²) >= 11 is 1.57. The van der Waals surface area contributed by atoms with Gasteiger partial charge in [-0.1, -0.05) is 24.6 Å². The van der Waals surface area contributed by atoms with Crippen molar-refractivity contribution < 1.29 is 9.59 Å². The first-order chi connectivity index (χ1) is 15.1. The molecule has 7 heteroatoms. The molecule has 1 saturated heterocycles. The number of carbonyl (C=O) groups excluding carboxylic acids is 2. The first-order valence-electron chi connectivity index (χ1n) is 11.3. The van der Waals surface area contributed by atoms with E-state index >= 15 is 0 Å². The average Bonchev–Trinajstić information content (AvgIpc) is 3.32. The summed E-state index contributed by atoms with van der Waals surface area (Å²) in [6.07, 6.45) is 5.88. The lowest BCUT2D eigenvalue weighted by Crippen LogP contribution is -2.45. The number of piperidine rings is 1. The predicted molar refractivity (Wildman–Crippen MR) is 125 cm³/mol. The van der Waals surface area contributed by atoms with E-state index in [1.165, 1.54) is 42.5 Å². The fraction of sp³-hybridized carbons (Fsp3) is 0.500. The molecule has 1 aromatic carbocycles. The zero-order valence-corrected chi connectivity index (χ0v) is 19.0. The Labute approximate surface area is 188 Å². The van der Waals surface area contributed by atoms with Crippen molar-refractivity contribution in [1.29, 1.82) is 0 Å². The Morgan fingerprint density at radius 2 is 1.84 bits per heavy atom. The van der Waals surface area contributed by atoms with Crippen LogP contribution in [0.25, 0.3) is 0 Å². The minimum Gasteiger partial charge on any atom is -0.374 e. The van der Waals surface area contributed by atoms with Crippen molar-refractivity contribution in [3.8, 4) is 0 Å². The lowest BCUT2D eigenvalue weighted by atomic mass is 9.95. The smallest absolute Gasteiger partial charge is 0.309 e. The van der Waals surface area contributed by atoms with Gasteiger partial charge >= 0.3 is 11.8 Å². The van der Waals surface area contributed by atoms with Gasteiger partial charge in [0.15, 0.2) is 0 Å². The van der Waals surface area contributed by atoms with Crippen LogP contribution in [0.2, 0.25) is 0 Å². The highest BCUT2D eigenvalue weighted by Gasteiger charge is 2.25. The first-order valence-corrected chi connectivity index (χ1v) is 12.2. The molecule has 2 N–H and O–H groups in total. The summed E-state index contributed by atoms with van der Waals surface area (Å²) in [6, 6.07) is 10.7. The quantitative estimate of drug-likeness (QED) is 0.678. The number of anilines is 1. The molecular formula is C24H32N4O2S. The van der Waals surface area contributed by atoms with Crippen molar-refractivity contribution in [2.24, 2.45) is 0 Å². The van der Waals surface area contributed by atoms with Gasteiger partial charge in [0.05, 0.1) is 12.6 Å². The Balaban J connectivity index is 1.43. The molecule has 1 fully saturated rings. The third kappa shape index (κ3) is 5.46. The summed E-state index contributed by atoms with van der Waals surface area (Å²) in [5.74, 6) is -1.13. The van der Waals surface area contributed by atoms with Crippen LogP contribution >= 0.6 is 11.3 Å². The van der Waals surface area contributed by atoms with Crippen LogP contribution in [0.3, 0.4) is 0 Å². The fourth-order valence-corrected chi connectivity index (χ4v) is 5.28. The lowest BCUT2D eigenvalue weighted by Gasteiger charge is -2.36. The van der Waals surface area contributed by atoms with Gasteiger partial charge in [-0.05, 0) is 67.4 Å². The molecule has 6 nitrogen and oxygen atoms in total. The number of fused-ring (bicyclic) bond motifs is 1. The van der Waals surface area contributed by atoms with Crippen molar-refractivity contribution in [2.75, 3.05) is 38.1 Å². The molecule has 1 aromatic heterocycles. The van der Waals surface area contributed by atoms with Crippen LogP contribution in [0.15, 0.2) is 35.7 Å². The second-order valence-corrected chi connectivity index (χ2v) is 9.53. The first kappa shape index (κ1) is 21.8. The molecule has 2 amide bonds. The molecule has 166 valence electrons. The SMILES string of the molecule is CN1CCCc2cc(C(CNC(=O)C(=O)NCc3cccs3)N3CCCCC3)ccc21. The van der Waals surface area contributed by atoms with Crippen molar-refractivity contribution in [3.63, 3.8) is 0 Å². The second kappa shape index (κ2) is 10.3. The molecule has 1 unspecified atom stereocenters. The normalized spacial score (nSPS) is 17.6. The van der Waals surface area contributed by atoms with Gasteiger partial charge in [0, 0.05) is 30.7 Å². The number of nitrogens with one attached hydrogen (secondary N) is 2. The highest BCUT2D eigenvalue weighted by Crippen LogP contribution is 2.31. The average molecular weight is 441 g/mol. The molecule has 2 aliphatic heterocycles. The summed E-state index contributed by atoms with van der Waals surface area (Å²) < 4.78 is 0. The third-order valence-corrected chi connectivity index (χ3v) is 7.21. The summed E-state index contributed by atoms with van der Waals surface area (Å²) in [4.78, 5) is 30.5. The molecule has 4 rings (SSSR count). The molecule has 0 aliphatic carbocycles. The standard InChI is InChI=1S/C24H32N4O2S/c1-27-11-5-7-18-15-19(9-10-21(18)27)22(28-12-3-2-4-13-28)17-26-24(30)23(29)25-16-20-8-6-14-31-20/h6,8-10,14-15,22H,2-5,7,11-13,16-17H2,1H3,(H,25,29)(H,26,30). The van der Waals surface area contributed by atoms with Gasteiger partial charge in [-0.15, -0.1) is 11.3 Å². The van der Waals surface area contributed by atoms with Crippen molar-refractivity contribution in [3.05, 3.63) is 51.7 Å². The van der Waals surface area contributed by atoms with Gasteiger partial charge in [-0.3, -0.25) is 14.5 Å². The van der Waals surface area contributed by atoms with Crippen LogP contribution in [0.1, 0.15) is 47.7 Å². The zero-order valence-electron chi connectivity index (χ0n) is 18.2. The second-order valence-electron chi connectivity index (χ2n) is 8.50. The molecule has 2 aliphatic rings. The van der Waals surface area contributed by atoms with Crippen LogP contribution in [0.5, 0.6) is 0 Å². The van der Waals surface area contributed by atoms with Gasteiger partial charge in [-0.25, -0.2) is 0 Å². The monoisotopic (exact) mass is 440 g/mol. The van der Waals surface area contributed by atoms with E-state index in [0.717, 1.165) is 30.9 Å². The van der Waals surface area contributed by atoms with Gasteiger partial charge in [0.2, 0.25) is 0 Å². The number of thiophene rings is 1. The van der Waals surface area contributed by atoms with E-state index in [2.05, 4.69) is 45.7 Å². The lowest BCUT2D eigenvalue weighted by molar-refractivity contribution is -0.139. The number of hydrogen-bond acceptors (Lipinski definition) is 5. The van der Waals surface area contributed by atoms with E-state index in [0.29, 0.717) is 13.1 Å². The largest absolute Gasteiger partial charge is 0.374 e. The highest BCUT2D eigenvalue weighted by molar-refractivity contribution is 7.09. The summed E-state index contributed by atoms with van der Waals surface area (Å²) in [5.41, 5.74) is 3.92. The van der Waals surface area contributed by atoms with Crippen molar-refractivity contribution >= 4 is 28.8 Å². The molecular weight excluding hydrogens is 408 g/mol. The van der Waals surface area contributed by atoms with E-state index in [4.69, 9.17) is 0 Å². The van der Waals surface area contributed by atoms with E-state index in [-0.39, 0.29) is 6.04 Å². The van der Waals surface area contributed by atoms with Crippen LogP contribution in [-0.2, 0) is 22.6 Å². The van der Waals surface area contributed by atoms with E-state index in [9.17, 15) is 9.59 Å². The van der Waals surface area contributed by atoms with Crippen LogP contribution in [0, 0.1) is 0 Å². The molecule has 1 atom stereocenters. The maximum Gasteiger partial charge on any atom is 0.309 e. The molecule has 0 saturated carbocycles. The highest BCUT2D eigenvalue weighted by atomic mass is 32.1. The van der Waals surface area contributed by atoms with Gasteiger partial charge < -0.3 is 15.5 Å². The number of nitrogens with zero attached hydrogens (tertiary/aromatic N) is 2. The van der Waals surface area contributed by atoms with Gasteiger partial charge in [-0.2, -0.15) is 0 Å². The minimum absolute atomic E-state index is 0.0897. The number of likely N-dealkylation sites (tertiary alicyclic amines) is 1. The van der Waals surface area contributed by atoms with E-state index in [1.54, 1.807) is 11.3 Å². The van der Waals surface area contributed by atoms with Crippen molar-refractivity contribution in [1.82, 2.24) is 15.5 Å². The van der Waals surface area contributed by atoms with Gasteiger partial charge in [0.25, 0.3) is 0 Å². The topological polar surface area (TPSA) is 64.7 Å². The fourth-order valence-electron chi connectivity index (χ4n) is 4.63. The third-order valence-electron chi connectivity index (χ3n) is 6.34. The summed E-state index contributed by atoms with van der Waals surface area (Å²) in [7, 11) is 2.15. The molecule has 0 bridgehead atoms. The number of rotatable bonds is 6. The number of aryl methyl sites for hydroxylation is 1.